The molecule has 1 amide bonds. The van der Waals surface area contributed by atoms with E-state index in [1.807, 2.05) is 35.0 Å². The maximum Gasteiger partial charge on any atom is 0.230 e. The summed E-state index contributed by atoms with van der Waals surface area (Å²) < 4.78 is 2.24. The topological polar surface area (TPSA) is 46.9 Å². The van der Waals surface area contributed by atoms with Gasteiger partial charge in [0.2, 0.25) is 5.91 Å². The number of carbonyl (C=O) groups excluding carboxylic acids is 1. The molecule has 3 aromatic heterocycles. The number of anilines is 1. The van der Waals surface area contributed by atoms with Crippen molar-refractivity contribution < 1.29 is 4.79 Å². The van der Waals surface area contributed by atoms with Crippen LogP contribution in [0.15, 0.2) is 53.4 Å². The fourth-order valence-electron chi connectivity index (χ4n) is 2.99. The normalized spacial score (nSPS) is 11.1. The summed E-state index contributed by atoms with van der Waals surface area (Å²) in [6.45, 7) is 3.17. The van der Waals surface area contributed by atoms with Crippen LogP contribution in [0.4, 0.5) is 5.69 Å². The van der Waals surface area contributed by atoms with E-state index in [9.17, 15) is 4.79 Å². The Morgan fingerprint density at radius 1 is 1.23 bits per heavy atom. The minimum Gasteiger partial charge on any atom is -0.347 e. The van der Waals surface area contributed by atoms with Crippen LogP contribution >= 0.6 is 22.7 Å². The van der Waals surface area contributed by atoms with Gasteiger partial charge in [-0.25, -0.2) is 4.98 Å². The zero-order valence-corrected chi connectivity index (χ0v) is 16.1. The van der Waals surface area contributed by atoms with Gasteiger partial charge in [-0.2, -0.15) is 0 Å². The summed E-state index contributed by atoms with van der Waals surface area (Å²) >= 11 is 3.24. The fourth-order valence-corrected chi connectivity index (χ4v) is 4.62. The molecule has 1 aromatic carbocycles. The van der Waals surface area contributed by atoms with Gasteiger partial charge in [-0.3, -0.25) is 4.79 Å². The summed E-state index contributed by atoms with van der Waals surface area (Å²) in [4.78, 5) is 18.1. The molecular formula is C20H19N3OS2. The molecule has 3 heterocycles. The van der Waals surface area contributed by atoms with Crippen molar-refractivity contribution in [3.63, 3.8) is 0 Å². The molecule has 0 atom stereocenters. The summed E-state index contributed by atoms with van der Waals surface area (Å²) in [5, 5.41) is 9.10. The summed E-state index contributed by atoms with van der Waals surface area (Å²) in [7, 11) is 0. The second-order valence-corrected chi connectivity index (χ2v) is 7.93. The number of carbonyl (C=O) groups is 1. The molecule has 0 radical (unpaired) electrons. The Morgan fingerprint density at radius 2 is 2.15 bits per heavy atom. The first-order valence-electron chi connectivity index (χ1n) is 8.60. The number of amides is 1. The van der Waals surface area contributed by atoms with Gasteiger partial charge in [0.15, 0.2) is 0 Å². The number of thiophene rings is 1. The Labute approximate surface area is 160 Å². The third kappa shape index (κ3) is 3.57. The van der Waals surface area contributed by atoms with Crippen LogP contribution in [0.1, 0.15) is 19.0 Å². The van der Waals surface area contributed by atoms with Crippen LogP contribution in [0.3, 0.4) is 0 Å². The van der Waals surface area contributed by atoms with Gasteiger partial charge in [-0.1, -0.05) is 13.0 Å². The molecule has 0 aliphatic carbocycles. The summed E-state index contributed by atoms with van der Waals surface area (Å²) in [5.41, 5.74) is 2.83. The van der Waals surface area contributed by atoms with Crippen molar-refractivity contribution in [2.24, 2.45) is 0 Å². The first-order chi connectivity index (χ1) is 12.7. The number of rotatable bonds is 6. The van der Waals surface area contributed by atoms with Gasteiger partial charge in [0.05, 0.1) is 17.0 Å². The van der Waals surface area contributed by atoms with E-state index >= 15 is 0 Å². The van der Waals surface area contributed by atoms with Crippen LogP contribution in [-0.4, -0.2) is 15.5 Å². The largest absolute Gasteiger partial charge is 0.347 e. The lowest BCUT2D eigenvalue weighted by Crippen LogP contribution is -2.14. The van der Waals surface area contributed by atoms with E-state index in [-0.39, 0.29) is 12.3 Å². The summed E-state index contributed by atoms with van der Waals surface area (Å²) in [6.07, 6.45) is 3.49. The van der Waals surface area contributed by atoms with Gasteiger partial charge in [0.25, 0.3) is 0 Å². The molecule has 4 rings (SSSR count). The van der Waals surface area contributed by atoms with Gasteiger partial charge in [-0.05, 0) is 42.1 Å². The molecule has 0 fully saturated rings. The second kappa shape index (κ2) is 7.43. The number of thiazole rings is 1. The summed E-state index contributed by atoms with van der Waals surface area (Å²) in [5.74, 6) is -0.0413. The fraction of sp³-hybridized carbons (Fsp3) is 0.200. The molecule has 1 N–H and O–H groups in total. The summed E-state index contributed by atoms with van der Waals surface area (Å²) in [6, 6.07) is 12.2. The monoisotopic (exact) mass is 381 g/mol. The molecule has 6 heteroatoms. The van der Waals surface area contributed by atoms with E-state index in [4.69, 9.17) is 0 Å². The van der Waals surface area contributed by atoms with Crippen LogP contribution in [0.25, 0.3) is 20.8 Å². The van der Waals surface area contributed by atoms with Gasteiger partial charge < -0.3 is 9.88 Å². The third-order valence-corrected chi connectivity index (χ3v) is 6.07. The van der Waals surface area contributed by atoms with Gasteiger partial charge in [0, 0.05) is 34.7 Å². The van der Waals surface area contributed by atoms with Crippen LogP contribution in [0.5, 0.6) is 0 Å². The van der Waals surface area contributed by atoms with Gasteiger partial charge >= 0.3 is 0 Å². The van der Waals surface area contributed by atoms with Crippen LogP contribution in [-0.2, 0) is 17.8 Å². The van der Waals surface area contributed by atoms with Crippen LogP contribution in [0.2, 0.25) is 0 Å². The van der Waals surface area contributed by atoms with E-state index in [0.29, 0.717) is 0 Å². The minimum absolute atomic E-state index is 0.0413. The zero-order valence-electron chi connectivity index (χ0n) is 14.4. The Hall–Kier alpha value is -2.44. The van der Waals surface area contributed by atoms with E-state index in [1.165, 1.54) is 5.52 Å². The van der Waals surface area contributed by atoms with Gasteiger partial charge in [0.1, 0.15) is 5.01 Å². The molecule has 0 saturated carbocycles. The number of hydrogen-bond acceptors (Lipinski definition) is 4. The number of nitrogens with one attached hydrogen (secondary N) is 1. The molecular weight excluding hydrogens is 362 g/mol. The average Bonchev–Trinajstić information content (AvgIpc) is 3.35. The molecule has 0 bridgehead atoms. The highest BCUT2D eigenvalue weighted by Gasteiger charge is 2.10. The highest BCUT2D eigenvalue weighted by atomic mass is 32.1. The van der Waals surface area contributed by atoms with Crippen molar-refractivity contribution in [3.05, 3.63) is 59.0 Å². The van der Waals surface area contributed by atoms with Crippen molar-refractivity contribution in [1.82, 2.24) is 9.55 Å². The zero-order chi connectivity index (χ0) is 17.9. The Kier molecular flexibility index (Phi) is 4.86. The lowest BCUT2D eigenvalue weighted by Gasteiger charge is -2.06. The standard InChI is InChI=1S/C20H19N3OS2/c1-2-8-23-9-7-14-11-15(5-6-17(14)23)21-19(24)12-16-13-26-20(22-16)18-4-3-10-25-18/h3-7,9-11,13H,2,8,12H2,1H3,(H,21,24). The Morgan fingerprint density at radius 3 is 2.96 bits per heavy atom. The first kappa shape index (κ1) is 17.0. The van der Waals surface area contributed by atoms with E-state index in [0.717, 1.165) is 39.6 Å². The number of benzene rings is 1. The van der Waals surface area contributed by atoms with E-state index in [1.54, 1.807) is 22.7 Å². The molecule has 0 aliphatic heterocycles. The molecule has 0 aliphatic rings. The molecule has 0 spiro atoms. The molecule has 26 heavy (non-hydrogen) atoms. The second-order valence-electron chi connectivity index (χ2n) is 6.13. The maximum atomic E-state index is 12.4. The van der Waals surface area contributed by atoms with Crippen molar-refractivity contribution >= 4 is 45.2 Å². The lowest BCUT2D eigenvalue weighted by atomic mass is 10.2. The Balaban J connectivity index is 1.44. The highest BCUT2D eigenvalue weighted by molar-refractivity contribution is 7.20. The molecule has 4 aromatic rings. The minimum atomic E-state index is -0.0413. The molecule has 0 saturated heterocycles. The predicted octanol–water partition coefficient (Wildman–Crippen LogP) is 5.42. The highest BCUT2D eigenvalue weighted by Crippen LogP contribution is 2.28. The lowest BCUT2D eigenvalue weighted by molar-refractivity contribution is -0.115. The van der Waals surface area contributed by atoms with E-state index in [2.05, 4.69) is 40.1 Å². The third-order valence-electron chi connectivity index (χ3n) is 4.14. The van der Waals surface area contributed by atoms with Crippen LogP contribution < -0.4 is 5.32 Å². The van der Waals surface area contributed by atoms with Crippen molar-refractivity contribution in [2.45, 2.75) is 26.3 Å². The molecule has 0 unspecified atom stereocenters. The van der Waals surface area contributed by atoms with Crippen LogP contribution in [0, 0.1) is 0 Å². The van der Waals surface area contributed by atoms with Gasteiger partial charge in [-0.15, -0.1) is 22.7 Å². The Bertz CT molecular complexity index is 1030. The number of aromatic nitrogens is 2. The van der Waals surface area contributed by atoms with Crippen molar-refractivity contribution in [1.29, 1.82) is 0 Å². The number of fused-ring (bicyclic) bond motifs is 1. The number of nitrogens with zero attached hydrogens (tertiary/aromatic N) is 2. The van der Waals surface area contributed by atoms with E-state index < -0.39 is 0 Å². The first-order valence-corrected chi connectivity index (χ1v) is 10.4. The average molecular weight is 382 g/mol. The number of hydrogen-bond donors (Lipinski definition) is 1. The smallest absolute Gasteiger partial charge is 0.230 e. The maximum absolute atomic E-state index is 12.4. The quantitative estimate of drug-likeness (QED) is 0.485. The molecule has 132 valence electrons. The SMILES string of the molecule is CCCn1ccc2cc(NC(=O)Cc3csc(-c4cccs4)n3)ccc21. The van der Waals surface area contributed by atoms with Crippen molar-refractivity contribution in [3.8, 4) is 9.88 Å². The predicted molar refractivity (Wildman–Crippen MR) is 110 cm³/mol. The van der Waals surface area contributed by atoms with Crippen molar-refractivity contribution in [2.75, 3.05) is 5.32 Å². The molecule has 4 nitrogen and oxygen atoms in total. The number of aryl methyl sites for hydroxylation is 1.